The van der Waals surface area contributed by atoms with Crippen LogP contribution >= 0.6 is 0 Å². The van der Waals surface area contributed by atoms with Crippen molar-refractivity contribution in [3.05, 3.63) is 0 Å². The first kappa shape index (κ1) is 17.8. The van der Waals surface area contributed by atoms with Gasteiger partial charge in [-0.2, -0.15) is 0 Å². The summed E-state index contributed by atoms with van der Waals surface area (Å²) in [5.74, 6) is 0. The number of hydrogen-bond acceptors (Lipinski definition) is 4. The van der Waals surface area contributed by atoms with Gasteiger partial charge in [0.1, 0.15) is 0 Å². The third-order valence-electron chi connectivity index (χ3n) is 3.68. The van der Waals surface area contributed by atoms with Crippen LogP contribution in [-0.2, 0) is 0 Å². The van der Waals surface area contributed by atoms with Gasteiger partial charge in [-0.1, -0.05) is 6.92 Å². The minimum absolute atomic E-state index is 0.122. The molecule has 0 aromatic heterocycles. The van der Waals surface area contributed by atoms with Gasteiger partial charge in [-0.05, 0) is 73.5 Å². The summed E-state index contributed by atoms with van der Waals surface area (Å²) in [6.45, 7) is 9.07. The summed E-state index contributed by atoms with van der Waals surface area (Å²) in [4.78, 5) is 4.73. The average Bonchev–Trinajstić information content (AvgIpc) is 2.36. The molecule has 1 atom stereocenters. The highest BCUT2D eigenvalue weighted by molar-refractivity contribution is 4.80. The van der Waals surface area contributed by atoms with E-state index >= 15 is 0 Å². The van der Waals surface area contributed by atoms with Crippen LogP contribution in [0.4, 0.5) is 0 Å². The minimum Gasteiger partial charge on any atom is -0.394 e. The highest BCUT2D eigenvalue weighted by Crippen LogP contribution is 2.11. The molecule has 0 amide bonds. The van der Waals surface area contributed by atoms with Crippen molar-refractivity contribution < 1.29 is 5.11 Å². The Labute approximate surface area is 113 Å². The van der Waals surface area contributed by atoms with E-state index in [9.17, 15) is 5.11 Å². The van der Waals surface area contributed by atoms with E-state index < -0.39 is 0 Å². The first-order chi connectivity index (χ1) is 8.47. The summed E-state index contributed by atoms with van der Waals surface area (Å²) in [5.41, 5.74) is -0.122. The lowest BCUT2D eigenvalue weighted by atomic mass is 9.97. The highest BCUT2D eigenvalue weighted by Gasteiger charge is 2.20. The van der Waals surface area contributed by atoms with Crippen LogP contribution in [0.2, 0.25) is 0 Å². The molecule has 0 fully saturated rings. The monoisotopic (exact) mass is 259 g/mol. The molecule has 0 rings (SSSR count). The zero-order chi connectivity index (χ0) is 14.0. The molecule has 4 nitrogen and oxygen atoms in total. The number of hydrogen-bond donors (Lipinski definition) is 2. The van der Waals surface area contributed by atoms with E-state index in [0.717, 1.165) is 32.5 Å². The molecule has 0 aliphatic carbocycles. The zero-order valence-corrected chi connectivity index (χ0v) is 13.0. The lowest BCUT2D eigenvalue weighted by Gasteiger charge is -2.28. The third-order valence-corrected chi connectivity index (χ3v) is 3.68. The molecular formula is C14H33N3O. The van der Waals surface area contributed by atoms with Crippen molar-refractivity contribution in [1.82, 2.24) is 15.1 Å². The van der Waals surface area contributed by atoms with Gasteiger partial charge in [-0.25, -0.2) is 0 Å². The molecule has 0 saturated carbocycles. The fraction of sp³-hybridized carbons (Fsp3) is 1.00. The molecule has 0 bridgehead atoms. The van der Waals surface area contributed by atoms with Crippen LogP contribution in [0, 0.1) is 0 Å². The smallest absolute Gasteiger partial charge is 0.0610 e. The summed E-state index contributed by atoms with van der Waals surface area (Å²) in [6, 6.07) is 0. The largest absolute Gasteiger partial charge is 0.394 e. The minimum atomic E-state index is -0.122. The number of nitrogens with one attached hydrogen (secondary N) is 1. The standard InChI is InChI=1S/C14H33N3O/c1-6-17(12-8-10-16(4)5)11-7-9-14(2,13-18)15-3/h15,18H,6-13H2,1-5H3. The number of nitrogens with zero attached hydrogens (tertiary/aromatic N) is 2. The van der Waals surface area contributed by atoms with Crippen LogP contribution in [-0.4, -0.2) is 74.4 Å². The fourth-order valence-corrected chi connectivity index (χ4v) is 2.01. The Balaban J connectivity index is 3.79. The van der Waals surface area contributed by atoms with Gasteiger partial charge in [-0.15, -0.1) is 0 Å². The van der Waals surface area contributed by atoms with Crippen molar-refractivity contribution in [2.45, 2.75) is 38.6 Å². The summed E-state index contributed by atoms with van der Waals surface area (Å²) in [7, 11) is 6.16. The SMILES string of the molecule is CCN(CCCN(C)C)CCCC(C)(CO)NC. The molecule has 0 spiro atoms. The molecular weight excluding hydrogens is 226 g/mol. The number of aliphatic hydroxyl groups is 1. The highest BCUT2D eigenvalue weighted by atomic mass is 16.3. The molecule has 4 heteroatoms. The zero-order valence-electron chi connectivity index (χ0n) is 13.0. The first-order valence-corrected chi connectivity index (χ1v) is 7.14. The maximum absolute atomic E-state index is 9.33. The van der Waals surface area contributed by atoms with Gasteiger partial charge in [0.15, 0.2) is 0 Å². The molecule has 0 saturated heterocycles. The first-order valence-electron chi connectivity index (χ1n) is 7.14. The molecule has 0 radical (unpaired) electrons. The van der Waals surface area contributed by atoms with Gasteiger partial charge < -0.3 is 20.2 Å². The van der Waals surface area contributed by atoms with Crippen LogP contribution < -0.4 is 5.32 Å². The van der Waals surface area contributed by atoms with Gasteiger partial charge in [0.25, 0.3) is 0 Å². The second-order valence-corrected chi connectivity index (χ2v) is 5.66. The lowest BCUT2D eigenvalue weighted by molar-refractivity contribution is 0.163. The van der Waals surface area contributed by atoms with Crippen molar-refractivity contribution >= 4 is 0 Å². The summed E-state index contributed by atoms with van der Waals surface area (Å²) >= 11 is 0. The molecule has 0 aromatic carbocycles. The molecule has 1 unspecified atom stereocenters. The Morgan fingerprint density at radius 2 is 1.72 bits per heavy atom. The van der Waals surface area contributed by atoms with Crippen LogP contribution in [0.15, 0.2) is 0 Å². The molecule has 0 heterocycles. The average molecular weight is 259 g/mol. The van der Waals surface area contributed by atoms with Gasteiger partial charge in [-0.3, -0.25) is 0 Å². The van der Waals surface area contributed by atoms with Crippen molar-refractivity contribution in [1.29, 1.82) is 0 Å². The molecule has 0 aliphatic rings. The Bertz CT molecular complexity index is 193. The topological polar surface area (TPSA) is 38.7 Å². The van der Waals surface area contributed by atoms with Crippen LogP contribution in [0.3, 0.4) is 0 Å². The molecule has 18 heavy (non-hydrogen) atoms. The van der Waals surface area contributed by atoms with Crippen molar-refractivity contribution in [2.75, 3.05) is 53.9 Å². The van der Waals surface area contributed by atoms with E-state index in [2.05, 4.69) is 43.1 Å². The van der Waals surface area contributed by atoms with E-state index in [-0.39, 0.29) is 12.1 Å². The van der Waals surface area contributed by atoms with Gasteiger partial charge in [0, 0.05) is 5.54 Å². The second kappa shape index (κ2) is 9.73. The Morgan fingerprint density at radius 3 is 2.17 bits per heavy atom. The Morgan fingerprint density at radius 1 is 1.11 bits per heavy atom. The van der Waals surface area contributed by atoms with Crippen LogP contribution in [0.1, 0.15) is 33.1 Å². The number of aliphatic hydroxyl groups excluding tert-OH is 1. The van der Waals surface area contributed by atoms with E-state index in [0.29, 0.717) is 0 Å². The number of rotatable bonds is 11. The van der Waals surface area contributed by atoms with E-state index in [4.69, 9.17) is 0 Å². The lowest BCUT2D eigenvalue weighted by Crippen LogP contribution is -2.44. The molecule has 110 valence electrons. The van der Waals surface area contributed by atoms with Crippen molar-refractivity contribution in [3.8, 4) is 0 Å². The molecule has 0 aromatic rings. The quantitative estimate of drug-likeness (QED) is 0.581. The second-order valence-electron chi connectivity index (χ2n) is 5.66. The normalized spacial score (nSPS) is 15.3. The van der Waals surface area contributed by atoms with Crippen molar-refractivity contribution in [2.24, 2.45) is 0 Å². The Kier molecular flexibility index (Phi) is 9.64. The third kappa shape index (κ3) is 8.03. The predicted molar refractivity (Wildman–Crippen MR) is 79.1 cm³/mol. The fourth-order valence-electron chi connectivity index (χ4n) is 2.01. The summed E-state index contributed by atoms with van der Waals surface area (Å²) in [5, 5.41) is 12.5. The van der Waals surface area contributed by atoms with Crippen molar-refractivity contribution in [3.63, 3.8) is 0 Å². The Hall–Kier alpha value is -0.160. The summed E-state index contributed by atoms with van der Waals surface area (Å²) < 4.78 is 0. The maximum atomic E-state index is 9.33. The van der Waals surface area contributed by atoms with E-state index in [1.54, 1.807) is 0 Å². The van der Waals surface area contributed by atoms with Crippen LogP contribution in [0.5, 0.6) is 0 Å². The predicted octanol–water partition coefficient (Wildman–Crippen LogP) is 1.01. The van der Waals surface area contributed by atoms with Gasteiger partial charge >= 0.3 is 0 Å². The summed E-state index contributed by atoms with van der Waals surface area (Å²) in [6.07, 6.45) is 3.38. The maximum Gasteiger partial charge on any atom is 0.0610 e. The van der Waals surface area contributed by atoms with Gasteiger partial charge in [0.2, 0.25) is 0 Å². The van der Waals surface area contributed by atoms with E-state index in [1.807, 2.05) is 7.05 Å². The molecule has 2 N–H and O–H groups in total. The van der Waals surface area contributed by atoms with Gasteiger partial charge in [0.05, 0.1) is 6.61 Å². The number of likely N-dealkylation sites (N-methyl/N-ethyl adjacent to an activating group) is 1. The van der Waals surface area contributed by atoms with Crippen LogP contribution in [0.25, 0.3) is 0 Å². The molecule has 0 aliphatic heterocycles. The van der Waals surface area contributed by atoms with E-state index in [1.165, 1.54) is 13.0 Å².